The summed E-state index contributed by atoms with van der Waals surface area (Å²) in [4.78, 5) is 26.7. The normalized spacial score (nSPS) is 18.8. The van der Waals surface area contributed by atoms with Crippen LogP contribution in [0.15, 0.2) is 134 Å². The van der Waals surface area contributed by atoms with Gasteiger partial charge >= 0.3 is 5.97 Å². The number of aliphatic hydroxyl groups is 5. The Hall–Kier alpha value is -4.20. The van der Waals surface area contributed by atoms with E-state index in [2.05, 4.69) is 148 Å². The molecule has 0 aliphatic carbocycles. The predicted molar refractivity (Wildman–Crippen MR) is 384 cm³/mol. The third-order valence-electron chi connectivity index (χ3n) is 16.5. The first kappa shape index (κ1) is 84.8. The molecule has 6 N–H and O–H groups in total. The van der Waals surface area contributed by atoms with Gasteiger partial charge in [-0.25, -0.2) is 0 Å². The summed E-state index contributed by atoms with van der Waals surface area (Å²) >= 11 is 0. The molecule has 0 aromatic rings. The van der Waals surface area contributed by atoms with Crippen LogP contribution in [0, 0.1) is 0 Å². The SMILES string of the molecule is CC/C=C\C/C=C\C/C=C\C/C=C\C/C=C\C/C=C\CCCCCCCC(O)C(=O)NC(COC1OC(CO)C(O)C(O)C1OC(=O)CCCCCCCCCCCCC/C=C\C/C=C\C/C=C\C/C=C\CCCCC)C(O)/C=C/CCCCCCCCCCC. The molecular weight excluding hydrogens is 1130 g/mol. The number of hydrogen-bond donors (Lipinski definition) is 6. The molecule has 1 rings (SSSR count). The van der Waals surface area contributed by atoms with Gasteiger partial charge in [-0.15, -0.1) is 0 Å². The highest BCUT2D eigenvalue weighted by Gasteiger charge is 2.47. The Kier molecular flexibility index (Phi) is 61.4. The molecule has 0 spiro atoms. The van der Waals surface area contributed by atoms with E-state index in [0.29, 0.717) is 12.8 Å². The molecular formula is C80H135NO10. The number of esters is 1. The molecule has 0 aromatic heterocycles. The maximum absolute atomic E-state index is 13.5. The smallest absolute Gasteiger partial charge is 0.306 e. The van der Waals surface area contributed by atoms with E-state index in [1.165, 1.54) is 109 Å². The fourth-order valence-electron chi connectivity index (χ4n) is 10.8. The maximum Gasteiger partial charge on any atom is 0.306 e. The molecule has 91 heavy (non-hydrogen) atoms. The molecule has 1 amide bonds. The van der Waals surface area contributed by atoms with E-state index in [4.69, 9.17) is 14.2 Å². The molecule has 11 nitrogen and oxygen atoms in total. The zero-order chi connectivity index (χ0) is 66.0. The van der Waals surface area contributed by atoms with Gasteiger partial charge in [0.25, 0.3) is 0 Å². The van der Waals surface area contributed by atoms with Gasteiger partial charge in [0.05, 0.1) is 25.4 Å². The summed E-state index contributed by atoms with van der Waals surface area (Å²) in [6, 6.07) is -1.04. The first-order valence-electron chi connectivity index (χ1n) is 37.0. The molecule has 520 valence electrons. The molecule has 11 heteroatoms. The Morgan fingerprint density at radius 3 is 1.21 bits per heavy atom. The van der Waals surface area contributed by atoms with Crippen LogP contribution in [0.3, 0.4) is 0 Å². The Morgan fingerprint density at radius 1 is 0.440 bits per heavy atom. The highest BCUT2D eigenvalue weighted by Crippen LogP contribution is 2.26. The molecule has 1 fully saturated rings. The summed E-state index contributed by atoms with van der Waals surface area (Å²) in [7, 11) is 0. The van der Waals surface area contributed by atoms with Crippen LogP contribution in [-0.2, 0) is 23.8 Å². The minimum atomic E-state index is -1.63. The summed E-state index contributed by atoms with van der Waals surface area (Å²) in [6.07, 6.45) is 83.4. The summed E-state index contributed by atoms with van der Waals surface area (Å²) in [5.41, 5.74) is 0. The van der Waals surface area contributed by atoms with E-state index in [1.54, 1.807) is 6.08 Å². The quantitative estimate of drug-likeness (QED) is 0.0195. The Labute approximate surface area is 556 Å². The molecule has 0 radical (unpaired) electrons. The molecule has 0 saturated carbocycles. The van der Waals surface area contributed by atoms with Crippen LogP contribution in [0.1, 0.15) is 297 Å². The van der Waals surface area contributed by atoms with E-state index in [9.17, 15) is 35.1 Å². The maximum atomic E-state index is 13.5. The van der Waals surface area contributed by atoms with E-state index in [1.807, 2.05) is 6.08 Å². The van der Waals surface area contributed by atoms with Crippen molar-refractivity contribution in [1.82, 2.24) is 5.32 Å². The highest BCUT2D eigenvalue weighted by molar-refractivity contribution is 5.80. The van der Waals surface area contributed by atoms with Crippen LogP contribution in [0.25, 0.3) is 0 Å². The van der Waals surface area contributed by atoms with Crippen molar-refractivity contribution in [3.63, 3.8) is 0 Å². The van der Waals surface area contributed by atoms with Crippen molar-refractivity contribution in [2.75, 3.05) is 13.2 Å². The van der Waals surface area contributed by atoms with E-state index in [-0.39, 0.29) is 19.4 Å². The number of carbonyl (C=O) groups excluding carboxylic acids is 2. The second-order valence-electron chi connectivity index (χ2n) is 24.9. The summed E-state index contributed by atoms with van der Waals surface area (Å²) in [5.74, 6) is -1.22. The molecule has 8 atom stereocenters. The first-order chi connectivity index (χ1) is 44.7. The molecule has 8 unspecified atom stereocenters. The molecule has 0 aromatic carbocycles. The average Bonchev–Trinajstić information content (AvgIpc) is 0.943. The number of ether oxygens (including phenoxy) is 3. The van der Waals surface area contributed by atoms with E-state index >= 15 is 0 Å². The van der Waals surface area contributed by atoms with Crippen molar-refractivity contribution in [2.45, 2.75) is 346 Å². The lowest BCUT2D eigenvalue weighted by atomic mass is 9.99. The van der Waals surface area contributed by atoms with Gasteiger partial charge in [-0.3, -0.25) is 9.59 Å². The molecule has 1 heterocycles. The van der Waals surface area contributed by atoms with Crippen LogP contribution in [-0.4, -0.2) is 99.6 Å². The predicted octanol–water partition coefficient (Wildman–Crippen LogP) is 19.5. The van der Waals surface area contributed by atoms with Crippen molar-refractivity contribution in [3.8, 4) is 0 Å². The number of allylic oxidation sites excluding steroid dienone is 21. The lowest BCUT2D eigenvalue weighted by molar-refractivity contribution is -0.305. The van der Waals surface area contributed by atoms with Crippen LogP contribution < -0.4 is 5.32 Å². The van der Waals surface area contributed by atoms with Crippen molar-refractivity contribution in [2.24, 2.45) is 0 Å². The summed E-state index contributed by atoms with van der Waals surface area (Å²) in [6.45, 7) is 5.65. The van der Waals surface area contributed by atoms with Crippen molar-refractivity contribution in [1.29, 1.82) is 0 Å². The second-order valence-corrected chi connectivity index (χ2v) is 24.9. The molecule has 1 aliphatic rings. The number of amides is 1. The van der Waals surface area contributed by atoms with Gasteiger partial charge in [-0.2, -0.15) is 0 Å². The van der Waals surface area contributed by atoms with Gasteiger partial charge in [0.2, 0.25) is 5.91 Å². The fourth-order valence-corrected chi connectivity index (χ4v) is 10.8. The number of aliphatic hydroxyl groups excluding tert-OH is 5. The lowest BCUT2D eigenvalue weighted by Gasteiger charge is -2.41. The Bertz CT molecular complexity index is 2000. The number of hydrogen-bond acceptors (Lipinski definition) is 10. The van der Waals surface area contributed by atoms with Crippen molar-refractivity contribution >= 4 is 11.9 Å². The topological polar surface area (TPSA) is 175 Å². The van der Waals surface area contributed by atoms with Gasteiger partial charge in [-0.05, 0) is 122 Å². The number of rotatable bonds is 62. The van der Waals surface area contributed by atoms with Crippen molar-refractivity contribution in [3.05, 3.63) is 134 Å². The Morgan fingerprint density at radius 2 is 0.791 bits per heavy atom. The average molecular weight is 1270 g/mol. The lowest BCUT2D eigenvalue weighted by Crippen LogP contribution is -2.61. The minimum absolute atomic E-state index is 0.111. The number of carbonyl (C=O) groups is 2. The van der Waals surface area contributed by atoms with Crippen LogP contribution in [0.5, 0.6) is 0 Å². The van der Waals surface area contributed by atoms with Crippen LogP contribution >= 0.6 is 0 Å². The van der Waals surface area contributed by atoms with Crippen molar-refractivity contribution < 1.29 is 49.3 Å². The largest absolute Gasteiger partial charge is 0.454 e. The number of unbranched alkanes of at least 4 members (excludes halogenated alkanes) is 28. The number of nitrogens with one attached hydrogen (secondary N) is 1. The zero-order valence-corrected chi connectivity index (χ0v) is 57.9. The zero-order valence-electron chi connectivity index (χ0n) is 57.9. The van der Waals surface area contributed by atoms with Gasteiger partial charge < -0.3 is 45.1 Å². The monoisotopic (exact) mass is 1270 g/mol. The molecule has 0 bridgehead atoms. The van der Waals surface area contributed by atoms with E-state index in [0.717, 1.165) is 141 Å². The first-order valence-corrected chi connectivity index (χ1v) is 37.0. The molecule has 1 saturated heterocycles. The summed E-state index contributed by atoms with van der Waals surface area (Å²) < 4.78 is 17.7. The Balaban J connectivity index is 2.55. The minimum Gasteiger partial charge on any atom is -0.454 e. The van der Waals surface area contributed by atoms with Gasteiger partial charge in [0, 0.05) is 6.42 Å². The highest BCUT2D eigenvalue weighted by atomic mass is 16.7. The van der Waals surface area contributed by atoms with Crippen LogP contribution in [0.2, 0.25) is 0 Å². The van der Waals surface area contributed by atoms with Gasteiger partial charge in [0.15, 0.2) is 12.4 Å². The van der Waals surface area contributed by atoms with Gasteiger partial charge in [0.1, 0.15) is 24.4 Å². The fraction of sp³-hybridized carbons (Fsp3) is 0.700. The van der Waals surface area contributed by atoms with E-state index < -0.39 is 67.4 Å². The molecule has 1 aliphatic heterocycles. The van der Waals surface area contributed by atoms with Crippen LogP contribution in [0.4, 0.5) is 0 Å². The van der Waals surface area contributed by atoms with Gasteiger partial charge in [-0.1, -0.05) is 302 Å². The third kappa shape index (κ3) is 52.8. The summed E-state index contributed by atoms with van der Waals surface area (Å²) in [5, 5.41) is 57.3. The second kappa shape index (κ2) is 65.8. The third-order valence-corrected chi connectivity index (χ3v) is 16.5. The standard InChI is InChI=1S/C80H135NO10/c1-4-7-10-13-16-19-22-24-26-28-30-32-34-36-37-38-40-42-44-46-48-50-53-56-59-62-65-68-75(85)91-78-77(87)76(86)74(69-82)90-80(78)89-70-71(72(83)66-63-60-57-54-51-21-18-15-12-9-6-3)81-79(88)73(84)67-64-61-58-55-52-49-47-45-43-41-39-35-33-31-29-27-25-23-20-17-14-11-8-5-2/h8,11,16-17,19-20,24-27,30-33,36-37,39,41,45,47,63,66,71-74,76-78,80,82-84,86-87H,4-7,9-10,12-15,18,21-23,28-29,34-35,38,40,42-44,46,48-62,64-65,67-70H2,1-3H3,(H,81,88)/b11-8-,19-16-,20-17-,26-24-,27-25-,32-30-,33-31-,37-36-,41-39-,47-45-,66-63+.